The van der Waals surface area contributed by atoms with Gasteiger partial charge >= 0.3 is 0 Å². The fourth-order valence-corrected chi connectivity index (χ4v) is 3.49. The van der Waals surface area contributed by atoms with Crippen LogP contribution in [0.25, 0.3) is 0 Å². The fourth-order valence-electron chi connectivity index (χ4n) is 3.49. The number of aromatic nitrogens is 3. The number of amides is 1. The van der Waals surface area contributed by atoms with Gasteiger partial charge in [-0.15, -0.1) is 0 Å². The summed E-state index contributed by atoms with van der Waals surface area (Å²) in [7, 11) is 0. The number of nitrogens with one attached hydrogen (secondary N) is 4. The van der Waals surface area contributed by atoms with Crippen molar-refractivity contribution in [1.29, 1.82) is 0 Å². The number of aryl methyl sites for hydroxylation is 2. The average molecular weight is 482 g/mol. The molecule has 0 aliphatic rings. The molecule has 0 aliphatic heterocycles. The summed E-state index contributed by atoms with van der Waals surface area (Å²) in [5.74, 6) is 0.803. The Hall–Kier alpha value is -4.46. The molecule has 184 valence electrons. The fraction of sp³-hybridized carbons (Fsp3) is 0.214. The Morgan fingerprint density at radius 2 is 1.14 bits per heavy atom. The monoisotopic (exact) mass is 481 g/mol. The first kappa shape index (κ1) is 24.7. The zero-order valence-corrected chi connectivity index (χ0v) is 20.7. The number of para-hydroxylation sites is 1. The third-order valence-corrected chi connectivity index (χ3v) is 5.65. The number of hydrogen-bond acceptors (Lipinski definition) is 7. The molecule has 0 spiro atoms. The van der Waals surface area contributed by atoms with Crippen molar-refractivity contribution in [2.45, 2.75) is 39.7 Å². The summed E-state index contributed by atoms with van der Waals surface area (Å²) in [5, 5.41) is 12.5. The van der Waals surface area contributed by atoms with Crippen molar-refractivity contribution >= 4 is 40.8 Å². The summed E-state index contributed by atoms with van der Waals surface area (Å²) in [6, 6.07) is 24.9. The van der Waals surface area contributed by atoms with Gasteiger partial charge in [0.15, 0.2) is 0 Å². The minimum atomic E-state index is -0.582. The van der Waals surface area contributed by atoms with E-state index < -0.39 is 6.04 Å². The van der Waals surface area contributed by atoms with Gasteiger partial charge in [0, 0.05) is 17.1 Å². The first-order valence-electron chi connectivity index (χ1n) is 12.1. The minimum Gasteiger partial charge on any atom is -0.342 e. The van der Waals surface area contributed by atoms with Crippen LogP contribution in [0.1, 0.15) is 31.9 Å². The number of hydrogen-bond donors (Lipinski definition) is 4. The van der Waals surface area contributed by atoms with Crippen molar-refractivity contribution in [2.24, 2.45) is 0 Å². The molecule has 0 saturated heterocycles. The van der Waals surface area contributed by atoms with Gasteiger partial charge in [-0.25, -0.2) is 0 Å². The average Bonchev–Trinajstić information content (AvgIpc) is 2.90. The summed E-state index contributed by atoms with van der Waals surface area (Å²) in [6.45, 7) is 5.99. The van der Waals surface area contributed by atoms with Crippen LogP contribution in [0.5, 0.6) is 0 Å². The largest absolute Gasteiger partial charge is 0.342 e. The molecular formula is C28H31N7O. The van der Waals surface area contributed by atoms with Crippen molar-refractivity contribution in [2.75, 3.05) is 21.3 Å². The lowest BCUT2D eigenvalue weighted by molar-refractivity contribution is -0.116. The predicted molar refractivity (Wildman–Crippen MR) is 146 cm³/mol. The van der Waals surface area contributed by atoms with Crippen molar-refractivity contribution in [1.82, 2.24) is 15.0 Å². The maximum atomic E-state index is 12.7. The summed E-state index contributed by atoms with van der Waals surface area (Å²) >= 11 is 0. The molecule has 0 radical (unpaired) electrons. The van der Waals surface area contributed by atoms with E-state index in [0.717, 1.165) is 29.9 Å². The molecule has 3 aromatic carbocycles. The summed E-state index contributed by atoms with van der Waals surface area (Å²) in [4.78, 5) is 26.3. The highest BCUT2D eigenvalue weighted by molar-refractivity contribution is 5.96. The van der Waals surface area contributed by atoms with Crippen LogP contribution in [0.2, 0.25) is 0 Å². The lowest BCUT2D eigenvalue weighted by Crippen LogP contribution is -2.32. The van der Waals surface area contributed by atoms with Crippen LogP contribution < -0.4 is 21.3 Å². The second-order valence-corrected chi connectivity index (χ2v) is 8.38. The summed E-state index contributed by atoms with van der Waals surface area (Å²) < 4.78 is 0. The first-order valence-corrected chi connectivity index (χ1v) is 12.1. The maximum absolute atomic E-state index is 12.7. The number of rotatable bonds is 10. The highest BCUT2D eigenvalue weighted by Crippen LogP contribution is 2.20. The Balaban J connectivity index is 1.55. The van der Waals surface area contributed by atoms with E-state index in [1.54, 1.807) is 6.92 Å². The maximum Gasteiger partial charge on any atom is 0.246 e. The van der Waals surface area contributed by atoms with Crippen molar-refractivity contribution in [3.8, 4) is 0 Å². The Kier molecular flexibility index (Phi) is 8.08. The quantitative estimate of drug-likeness (QED) is 0.223. The summed E-state index contributed by atoms with van der Waals surface area (Å²) in [5.41, 5.74) is 4.93. The van der Waals surface area contributed by atoms with E-state index in [1.807, 2.05) is 54.6 Å². The van der Waals surface area contributed by atoms with Crippen LogP contribution in [0.15, 0.2) is 78.9 Å². The number of carbonyl (C=O) groups excluding carboxylic acids is 1. The Morgan fingerprint density at radius 3 is 1.61 bits per heavy atom. The van der Waals surface area contributed by atoms with Crippen LogP contribution in [0, 0.1) is 0 Å². The van der Waals surface area contributed by atoms with E-state index in [2.05, 4.69) is 74.3 Å². The van der Waals surface area contributed by atoms with Crippen molar-refractivity contribution < 1.29 is 4.79 Å². The molecule has 8 nitrogen and oxygen atoms in total. The molecule has 1 unspecified atom stereocenters. The molecule has 1 aromatic heterocycles. The molecule has 0 bridgehead atoms. The molecule has 1 heterocycles. The lowest BCUT2D eigenvalue weighted by atomic mass is 10.1. The smallest absolute Gasteiger partial charge is 0.246 e. The predicted octanol–water partition coefficient (Wildman–Crippen LogP) is 5.92. The van der Waals surface area contributed by atoms with Gasteiger partial charge in [0.05, 0.1) is 0 Å². The standard InChI is InChI=1S/C28H31N7O/c1-4-20-11-15-23(16-12-20)31-27-33-26(29-19(3)25(36)30-22-9-7-6-8-10-22)34-28(35-27)32-24-17-13-21(5-2)14-18-24/h6-19H,4-5H2,1-3H3,(H,30,36)(H3,29,31,32,33,34,35). The second kappa shape index (κ2) is 11.8. The molecule has 1 atom stereocenters. The SMILES string of the molecule is CCc1ccc(Nc2nc(Nc3ccc(CC)cc3)nc(NC(C)C(=O)Nc3ccccc3)n2)cc1. The normalized spacial score (nSPS) is 11.4. The van der Waals surface area contributed by atoms with Gasteiger partial charge in [-0.1, -0.05) is 56.3 Å². The molecule has 0 aliphatic carbocycles. The van der Waals surface area contributed by atoms with E-state index in [1.165, 1.54) is 11.1 Å². The lowest BCUT2D eigenvalue weighted by Gasteiger charge is -2.16. The van der Waals surface area contributed by atoms with Crippen LogP contribution in [0.3, 0.4) is 0 Å². The highest BCUT2D eigenvalue weighted by atomic mass is 16.2. The van der Waals surface area contributed by atoms with E-state index in [9.17, 15) is 4.79 Å². The van der Waals surface area contributed by atoms with Gasteiger partial charge in [-0.3, -0.25) is 4.79 Å². The van der Waals surface area contributed by atoms with Crippen LogP contribution >= 0.6 is 0 Å². The molecule has 36 heavy (non-hydrogen) atoms. The van der Waals surface area contributed by atoms with Crippen LogP contribution in [-0.2, 0) is 17.6 Å². The molecule has 0 saturated carbocycles. The Morgan fingerprint density at radius 1 is 0.667 bits per heavy atom. The molecular weight excluding hydrogens is 450 g/mol. The van der Waals surface area contributed by atoms with Crippen LogP contribution in [0.4, 0.5) is 34.9 Å². The third-order valence-electron chi connectivity index (χ3n) is 5.65. The third kappa shape index (κ3) is 6.79. The van der Waals surface area contributed by atoms with E-state index in [0.29, 0.717) is 11.9 Å². The van der Waals surface area contributed by atoms with E-state index >= 15 is 0 Å². The molecule has 8 heteroatoms. The van der Waals surface area contributed by atoms with Gasteiger partial charge in [-0.2, -0.15) is 15.0 Å². The molecule has 0 fully saturated rings. The zero-order valence-electron chi connectivity index (χ0n) is 20.7. The highest BCUT2D eigenvalue weighted by Gasteiger charge is 2.16. The number of anilines is 6. The van der Waals surface area contributed by atoms with Crippen molar-refractivity contribution in [3.05, 3.63) is 90.0 Å². The van der Waals surface area contributed by atoms with Gasteiger partial charge in [0.1, 0.15) is 6.04 Å². The Bertz CT molecular complexity index is 1210. The zero-order chi connectivity index (χ0) is 25.3. The van der Waals surface area contributed by atoms with E-state index in [4.69, 9.17) is 0 Å². The summed E-state index contributed by atoms with van der Waals surface area (Å²) in [6.07, 6.45) is 1.93. The number of benzene rings is 3. The van der Waals surface area contributed by atoms with Gasteiger partial charge in [-0.05, 0) is 67.3 Å². The first-order chi connectivity index (χ1) is 17.5. The Labute approximate surface area is 211 Å². The van der Waals surface area contributed by atoms with Crippen LogP contribution in [-0.4, -0.2) is 26.9 Å². The second-order valence-electron chi connectivity index (χ2n) is 8.38. The molecule has 4 aromatic rings. The topological polar surface area (TPSA) is 104 Å². The molecule has 4 rings (SSSR count). The number of carbonyl (C=O) groups is 1. The molecule has 4 N–H and O–H groups in total. The molecule has 1 amide bonds. The minimum absolute atomic E-state index is 0.198. The van der Waals surface area contributed by atoms with Gasteiger partial charge < -0.3 is 21.3 Å². The van der Waals surface area contributed by atoms with Gasteiger partial charge in [0.25, 0.3) is 0 Å². The van der Waals surface area contributed by atoms with Crippen molar-refractivity contribution in [3.63, 3.8) is 0 Å². The number of nitrogens with zero attached hydrogens (tertiary/aromatic N) is 3. The van der Waals surface area contributed by atoms with Gasteiger partial charge in [0.2, 0.25) is 23.8 Å². The van der Waals surface area contributed by atoms with E-state index in [-0.39, 0.29) is 11.9 Å².